The number of amides is 1. The summed E-state index contributed by atoms with van der Waals surface area (Å²) in [4.78, 5) is 13.4. The first-order chi connectivity index (χ1) is 10.8. The highest BCUT2D eigenvalue weighted by Gasteiger charge is 2.30. The van der Waals surface area contributed by atoms with Crippen molar-refractivity contribution in [1.82, 2.24) is 9.21 Å². The second kappa shape index (κ2) is 6.88. The molecule has 23 heavy (non-hydrogen) atoms. The molecule has 1 amide bonds. The van der Waals surface area contributed by atoms with Crippen LogP contribution in [0.1, 0.15) is 25.0 Å². The smallest absolute Gasteiger partial charge is 0.243 e. The van der Waals surface area contributed by atoms with Crippen LogP contribution in [0.5, 0.6) is 5.75 Å². The van der Waals surface area contributed by atoms with Crippen molar-refractivity contribution in [2.75, 3.05) is 32.8 Å². The van der Waals surface area contributed by atoms with Crippen molar-refractivity contribution >= 4 is 15.9 Å². The van der Waals surface area contributed by atoms with Gasteiger partial charge < -0.3 is 9.64 Å². The summed E-state index contributed by atoms with van der Waals surface area (Å²) >= 11 is 0. The van der Waals surface area contributed by atoms with E-state index in [1.807, 2.05) is 13.8 Å². The predicted octanol–water partition coefficient (Wildman–Crippen LogP) is 1.55. The van der Waals surface area contributed by atoms with Crippen LogP contribution in [0.15, 0.2) is 17.0 Å². The van der Waals surface area contributed by atoms with Gasteiger partial charge in [-0.05, 0) is 44.0 Å². The molecule has 0 radical (unpaired) electrons. The summed E-state index contributed by atoms with van der Waals surface area (Å²) in [7, 11) is -3.56. The van der Waals surface area contributed by atoms with Gasteiger partial charge in [0.1, 0.15) is 5.75 Å². The quantitative estimate of drug-likeness (QED) is 0.834. The second-order valence-electron chi connectivity index (χ2n) is 5.73. The van der Waals surface area contributed by atoms with Crippen molar-refractivity contribution < 1.29 is 17.9 Å². The van der Waals surface area contributed by atoms with Gasteiger partial charge in [-0.3, -0.25) is 4.79 Å². The number of hydrogen-bond acceptors (Lipinski definition) is 4. The number of sulfonamides is 1. The Hall–Kier alpha value is -1.60. The fraction of sp³-hybridized carbons (Fsp3) is 0.562. The van der Waals surface area contributed by atoms with Crippen molar-refractivity contribution in [2.45, 2.75) is 32.6 Å². The number of rotatable bonds is 4. The molecule has 1 saturated heterocycles. The molecule has 0 aliphatic carbocycles. The van der Waals surface area contributed by atoms with Crippen LogP contribution in [-0.4, -0.2) is 56.3 Å². The van der Waals surface area contributed by atoms with Gasteiger partial charge in [-0.1, -0.05) is 0 Å². The summed E-state index contributed by atoms with van der Waals surface area (Å²) in [5.74, 6) is 0.695. The number of carbonyl (C=O) groups is 1. The van der Waals surface area contributed by atoms with Crippen LogP contribution in [-0.2, 0) is 14.8 Å². The highest BCUT2D eigenvalue weighted by atomic mass is 32.2. The Morgan fingerprint density at radius 2 is 1.74 bits per heavy atom. The van der Waals surface area contributed by atoms with Gasteiger partial charge in [0, 0.05) is 33.1 Å². The SMILES string of the molecule is CCOc1cc(C)c(S(=O)(=O)N2CCN(C(C)=O)CC2)cc1C. The lowest BCUT2D eigenvalue weighted by molar-refractivity contribution is -0.129. The fourth-order valence-corrected chi connectivity index (χ4v) is 4.45. The Labute approximate surface area is 138 Å². The van der Waals surface area contributed by atoms with Crippen LogP contribution in [0, 0.1) is 13.8 Å². The molecule has 0 unspecified atom stereocenters. The maximum Gasteiger partial charge on any atom is 0.243 e. The first kappa shape index (κ1) is 17.7. The highest BCUT2D eigenvalue weighted by Crippen LogP contribution is 2.28. The number of benzene rings is 1. The number of ether oxygens (including phenoxy) is 1. The minimum Gasteiger partial charge on any atom is -0.494 e. The highest BCUT2D eigenvalue weighted by molar-refractivity contribution is 7.89. The molecule has 1 aliphatic heterocycles. The van der Waals surface area contributed by atoms with Gasteiger partial charge in [0.25, 0.3) is 0 Å². The van der Waals surface area contributed by atoms with E-state index >= 15 is 0 Å². The van der Waals surface area contributed by atoms with E-state index in [0.29, 0.717) is 49.0 Å². The molecule has 128 valence electrons. The van der Waals surface area contributed by atoms with Crippen LogP contribution in [0.4, 0.5) is 0 Å². The van der Waals surface area contributed by atoms with Gasteiger partial charge in [-0.15, -0.1) is 0 Å². The maximum absolute atomic E-state index is 12.9. The van der Waals surface area contributed by atoms with Crippen LogP contribution >= 0.6 is 0 Å². The number of nitrogens with zero attached hydrogens (tertiary/aromatic N) is 2. The maximum atomic E-state index is 12.9. The first-order valence-corrected chi connectivity index (χ1v) is 9.21. The van der Waals surface area contributed by atoms with E-state index in [1.54, 1.807) is 24.0 Å². The third-order valence-electron chi connectivity index (χ3n) is 4.07. The molecule has 0 bridgehead atoms. The lowest BCUT2D eigenvalue weighted by Crippen LogP contribution is -2.50. The van der Waals surface area contributed by atoms with Crippen molar-refractivity contribution in [2.24, 2.45) is 0 Å². The number of hydrogen-bond donors (Lipinski definition) is 0. The average molecular weight is 340 g/mol. The second-order valence-corrected chi connectivity index (χ2v) is 7.63. The number of piperazine rings is 1. The molecule has 7 heteroatoms. The predicted molar refractivity (Wildman–Crippen MR) is 88.1 cm³/mol. The molecule has 0 N–H and O–H groups in total. The molecule has 1 aromatic rings. The molecule has 0 atom stereocenters. The molecule has 2 rings (SSSR count). The van der Waals surface area contributed by atoms with Crippen molar-refractivity contribution in [3.8, 4) is 5.75 Å². The minimum absolute atomic E-state index is 0.0184. The van der Waals surface area contributed by atoms with E-state index in [-0.39, 0.29) is 5.91 Å². The Morgan fingerprint density at radius 3 is 2.26 bits per heavy atom. The van der Waals surface area contributed by atoms with E-state index < -0.39 is 10.0 Å². The standard InChI is InChI=1S/C16H24N2O4S/c1-5-22-15-10-13(3)16(11-12(15)2)23(20,21)18-8-6-17(7-9-18)14(4)19/h10-11H,5-9H2,1-4H3. The molecular weight excluding hydrogens is 316 g/mol. The third kappa shape index (κ3) is 3.67. The van der Waals surface area contributed by atoms with Gasteiger partial charge in [0.2, 0.25) is 15.9 Å². The molecular formula is C16H24N2O4S. The summed E-state index contributed by atoms with van der Waals surface area (Å²) in [5.41, 5.74) is 1.48. The minimum atomic E-state index is -3.56. The average Bonchev–Trinajstić information content (AvgIpc) is 2.50. The molecule has 6 nitrogen and oxygen atoms in total. The van der Waals surface area contributed by atoms with E-state index in [9.17, 15) is 13.2 Å². The van der Waals surface area contributed by atoms with E-state index in [2.05, 4.69) is 0 Å². The number of carbonyl (C=O) groups excluding carboxylic acids is 1. The zero-order valence-corrected chi connectivity index (χ0v) is 14.9. The van der Waals surface area contributed by atoms with Gasteiger partial charge >= 0.3 is 0 Å². The lowest BCUT2D eigenvalue weighted by atomic mass is 10.1. The lowest BCUT2D eigenvalue weighted by Gasteiger charge is -2.33. The van der Waals surface area contributed by atoms with Crippen molar-refractivity contribution in [3.63, 3.8) is 0 Å². The van der Waals surface area contributed by atoms with Crippen LogP contribution in [0.2, 0.25) is 0 Å². The molecule has 0 saturated carbocycles. The molecule has 1 heterocycles. The monoisotopic (exact) mass is 340 g/mol. The third-order valence-corrected chi connectivity index (χ3v) is 6.11. The molecule has 1 aliphatic rings. The van der Waals surface area contributed by atoms with Crippen LogP contribution < -0.4 is 4.74 Å². The van der Waals surface area contributed by atoms with Crippen LogP contribution in [0.3, 0.4) is 0 Å². The zero-order valence-electron chi connectivity index (χ0n) is 14.1. The molecule has 0 spiro atoms. The summed E-state index contributed by atoms with van der Waals surface area (Å²) in [5, 5.41) is 0. The molecule has 1 aromatic carbocycles. The Kier molecular flexibility index (Phi) is 5.31. The van der Waals surface area contributed by atoms with Crippen molar-refractivity contribution in [3.05, 3.63) is 23.3 Å². The Bertz CT molecular complexity index is 692. The topological polar surface area (TPSA) is 66.9 Å². The van der Waals surface area contributed by atoms with Gasteiger partial charge in [0.15, 0.2) is 0 Å². The zero-order chi connectivity index (χ0) is 17.2. The summed E-state index contributed by atoms with van der Waals surface area (Å²) in [6.45, 7) is 9.09. The van der Waals surface area contributed by atoms with Gasteiger partial charge in [-0.2, -0.15) is 4.31 Å². The summed E-state index contributed by atoms with van der Waals surface area (Å²) in [6, 6.07) is 3.45. The first-order valence-electron chi connectivity index (χ1n) is 7.77. The van der Waals surface area contributed by atoms with E-state index in [1.165, 1.54) is 11.2 Å². The Balaban J connectivity index is 2.27. The van der Waals surface area contributed by atoms with Crippen LogP contribution in [0.25, 0.3) is 0 Å². The Morgan fingerprint density at radius 1 is 1.13 bits per heavy atom. The largest absolute Gasteiger partial charge is 0.494 e. The van der Waals surface area contributed by atoms with Gasteiger partial charge in [-0.25, -0.2) is 8.42 Å². The van der Waals surface area contributed by atoms with Gasteiger partial charge in [0.05, 0.1) is 11.5 Å². The summed E-state index contributed by atoms with van der Waals surface area (Å²) < 4.78 is 32.7. The summed E-state index contributed by atoms with van der Waals surface area (Å²) in [6.07, 6.45) is 0. The number of aryl methyl sites for hydroxylation is 2. The normalized spacial score (nSPS) is 16.4. The van der Waals surface area contributed by atoms with Crippen molar-refractivity contribution in [1.29, 1.82) is 0 Å². The molecule has 0 aromatic heterocycles. The van der Waals surface area contributed by atoms with E-state index in [0.717, 1.165) is 5.56 Å². The fourth-order valence-electron chi connectivity index (χ4n) is 2.73. The van der Waals surface area contributed by atoms with E-state index in [4.69, 9.17) is 4.74 Å². The molecule has 1 fully saturated rings.